The molecule has 24 heavy (non-hydrogen) atoms. The molecule has 0 aliphatic heterocycles. The average molecular weight is 328 g/mol. The van der Waals surface area contributed by atoms with E-state index >= 15 is 0 Å². The van der Waals surface area contributed by atoms with E-state index in [0.717, 1.165) is 11.1 Å². The number of carbonyl (C=O) groups excluding carboxylic acids is 2. The van der Waals surface area contributed by atoms with Crippen molar-refractivity contribution < 1.29 is 9.59 Å². The summed E-state index contributed by atoms with van der Waals surface area (Å²) in [5, 5.41) is 9.41. The molecular formula is C17H20N4O3. The van der Waals surface area contributed by atoms with Gasteiger partial charge in [-0.3, -0.25) is 14.4 Å². The van der Waals surface area contributed by atoms with Gasteiger partial charge in [0.25, 0.3) is 11.5 Å². The van der Waals surface area contributed by atoms with Gasteiger partial charge in [-0.15, -0.1) is 0 Å². The lowest BCUT2D eigenvalue weighted by molar-refractivity contribution is -0.122. The number of hydrogen-bond acceptors (Lipinski definition) is 4. The van der Waals surface area contributed by atoms with Crippen molar-refractivity contribution >= 4 is 17.5 Å². The lowest BCUT2D eigenvalue weighted by Crippen LogP contribution is -2.38. The molecule has 1 aromatic heterocycles. The third-order valence-electron chi connectivity index (χ3n) is 3.44. The zero-order valence-corrected chi connectivity index (χ0v) is 13.7. The van der Waals surface area contributed by atoms with Gasteiger partial charge in [-0.1, -0.05) is 25.1 Å². The van der Waals surface area contributed by atoms with E-state index in [4.69, 9.17) is 0 Å². The first-order chi connectivity index (χ1) is 11.5. The summed E-state index contributed by atoms with van der Waals surface area (Å²) in [5.41, 5.74) is 0.247. The molecule has 1 unspecified atom stereocenters. The third kappa shape index (κ3) is 4.77. The zero-order chi connectivity index (χ0) is 17.5. The molecular weight excluding hydrogens is 308 g/mol. The summed E-state index contributed by atoms with van der Waals surface area (Å²) in [4.78, 5) is 35.9. The molecule has 0 saturated heterocycles. The SMILES string of the molecule is CCC(C)NC(=O)Cn1nc(C(=O)Nc2ccccc2)ccc1=O. The number of aromatic nitrogens is 2. The molecule has 2 amide bonds. The predicted molar refractivity (Wildman–Crippen MR) is 90.8 cm³/mol. The Hall–Kier alpha value is -2.96. The van der Waals surface area contributed by atoms with Crippen LogP contribution in [0.25, 0.3) is 0 Å². The minimum absolute atomic E-state index is 0.0118. The van der Waals surface area contributed by atoms with E-state index in [9.17, 15) is 14.4 Å². The molecule has 0 fully saturated rings. The van der Waals surface area contributed by atoms with E-state index < -0.39 is 11.5 Å². The quantitative estimate of drug-likeness (QED) is 0.838. The van der Waals surface area contributed by atoms with Crippen LogP contribution in [0.15, 0.2) is 47.3 Å². The minimum Gasteiger partial charge on any atom is -0.352 e. The van der Waals surface area contributed by atoms with Crippen LogP contribution in [0.2, 0.25) is 0 Å². The van der Waals surface area contributed by atoms with Gasteiger partial charge in [0.2, 0.25) is 5.91 Å². The Morgan fingerprint density at radius 2 is 1.88 bits per heavy atom. The van der Waals surface area contributed by atoms with E-state index in [0.29, 0.717) is 5.69 Å². The summed E-state index contributed by atoms with van der Waals surface area (Å²) in [7, 11) is 0. The fourth-order valence-electron chi connectivity index (χ4n) is 1.96. The van der Waals surface area contributed by atoms with E-state index in [-0.39, 0.29) is 24.2 Å². The lowest BCUT2D eigenvalue weighted by atomic mass is 10.2. The molecule has 2 aromatic rings. The van der Waals surface area contributed by atoms with Crippen molar-refractivity contribution in [3.63, 3.8) is 0 Å². The van der Waals surface area contributed by atoms with Crippen molar-refractivity contribution in [2.75, 3.05) is 5.32 Å². The monoisotopic (exact) mass is 328 g/mol. The van der Waals surface area contributed by atoms with Gasteiger partial charge >= 0.3 is 0 Å². The highest BCUT2D eigenvalue weighted by atomic mass is 16.2. The maximum Gasteiger partial charge on any atom is 0.276 e. The Kier molecular flexibility index (Phi) is 5.83. The first-order valence-corrected chi connectivity index (χ1v) is 7.73. The Morgan fingerprint density at radius 1 is 1.17 bits per heavy atom. The summed E-state index contributed by atoms with van der Waals surface area (Å²) >= 11 is 0. The highest BCUT2D eigenvalue weighted by Gasteiger charge is 2.13. The Bertz CT molecular complexity index is 771. The molecule has 7 nitrogen and oxygen atoms in total. The summed E-state index contributed by atoms with van der Waals surface area (Å²) in [6.07, 6.45) is 0.785. The van der Waals surface area contributed by atoms with Gasteiger partial charge in [-0.25, -0.2) is 4.68 Å². The van der Waals surface area contributed by atoms with Crippen LogP contribution in [0.5, 0.6) is 0 Å². The first kappa shape index (κ1) is 17.4. The average Bonchev–Trinajstić information content (AvgIpc) is 2.57. The van der Waals surface area contributed by atoms with Crippen LogP contribution in [0.1, 0.15) is 30.8 Å². The van der Waals surface area contributed by atoms with Gasteiger partial charge in [0.05, 0.1) is 0 Å². The molecule has 2 N–H and O–H groups in total. The van der Waals surface area contributed by atoms with E-state index in [1.54, 1.807) is 24.3 Å². The lowest BCUT2D eigenvalue weighted by Gasteiger charge is -2.12. The fraction of sp³-hybridized carbons (Fsp3) is 0.294. The standard InChI is InChI=1S/C17H20N4O3/c1-3-12(2)18-15(22)11-21-16(23)10-9-14(20-21)17(24)19-13-7-5-4-6-8-13/h4-10,12H,3,11H2,1-2H3,(H,18,22)(H,19,24). The largest absolute Gasteiger partial charge is 0.352 e. The normalized spacial score (nSPS) is 11.6. The number of carbonyl (C=O) groups is 2. The first-order valence-electron chi connectivity index (χ1n) is 7.73. The van der Waals surface area contributed by atoms with Crippen molar-refractivity contribution in [1.29, 1.82) is 0 Å². The molecule has 1 atom stereocenters. The van der Waals surface area contributed by atoms with Crippen LogP contribution in [0, 0.1) is 0 Å². The van der Waals surface area contributed by atoms with Crippen LogP contribution in [-0.4, -0.2) is 27.6 Å². The number of nitrogens with zero attached hydrogens (tertiary/aromatic N) is 2. The molecule has 0 saturated carbocycles. The fourth-order valence-corrected chi connectivity index (χ4v) is 1.96. The predicted octanol–water partition coefficient (Wildman–Crippen LogP) is 1.41. The maximum atomic E-state index is 12.2. The van der Waals surface area contributed by atoms with Crippen LogP contribution in [0.4, 0.5) is 5.69 Å². The summed E-state index contributed by atoms with van der Waals surface area (Å²) in [6.45, 7) is 3.59. The molecule has 0 radical (unpaired) electrons. The molecule has 0 aliphatic rings. The molecule has 0 spiro atoms. The van der Waals surface area contributed by atoms with Crippen LogP contribution in [-0.2, 0) is 11.3 Å². The van der Waals surface area contributed by atoms with Crippen molar-refractivity contribution in [1.82, 2.24) is 15.1 Å². The number of benzene rings is 1. The highest BCUT2D eigenvalue weighted by molar-refractivity contribution is 6.02. The molecule has 2 rings (SSSR count). The second kappa shape index (κ2) is 8.05. The maximum absolute atomic E-state index is 12.2. The van der Waals surface area contributed by atoms with Crippen LogP contribution >= 0.6 is 0 Å². The zero-order valence-electron chi connectivity index (χ0n) is 13.7. The van der Waals surface area contributed by atoms with E-state index in [1.807, 2.05) is 19.9 Å². The van der Waals surface area contributed by atoms with Gasteiger partial charge in [0.15, 0.2) is 0 Å². The molecule has 126 valence electrons. The second-order valence-corrected chi connectivity index (χ2v) is 5.41. The van der Waals surface area contributed by atoms with Crippen molar-refractivity contribution in [3.05, 3.63) is 58.5 Å². The Labute approximate surface area is 139 Å². The molecule has 1 aromatic carbocycles. The smallest absolute Gasteiger partial charge is 0.276 e. The van der Waals surface area contributed by atoms with Gasteiger partial charge in [-0.2, -0.15) is 5.10 Å². The van der Waals surface area contributed by atoms with Gasteiger partial charge in [-0.05, 0) is 31.5 Å². The van der Waals surface area contributed by atoms with Crippen LogP contribution in [0.3, 0.4) is 0 Å². The number of para-hydroxylation sites is 1. The number of nitrogens with one attached hydrogen (secondary N) is 2. The molecule has 1 heterocycles. The molecule has 0 aliphatic carbocycles. The van der Waals surface area contributed by atoms with Gasteiger partial charge in [0, 0.05) is 17.8 Å². The van der Waals surface area contributed by atoms with Crippen molar-refractivity contribution in [3.8, 4) is 0 Å². The van der Waals surface area contributed by atoms with Gasteiger partial charge < -0.3 is 10.6 Å². The number of amides is 2. The Morgan fingerprint density at radius 3 is 2.54 bits per heavy atom. The Balaban J connectivity index is 2.11. The summed E-state index contributed by atoms with van der Waals surface area (Å²) in [6, 6.07) is 11.5. The van der Waals surface area contributed by atoms with Crippen molar-refractivity contribution in [2.45, 2.75) is 32.9 Å². The third-order valence-corrected chi connectivity index (χ3v) is 3.44. The molecule has 7 heteroatoms. The van der Waals surface area contributed by atoms with Crippen LogP contribution < -0.4 is 16.2 Å². The number of hydrogen-bond donors (Lipinski definition) is 2. The highest BCUT2D eigenvalue weighted by Crippen LogP contribution is 2.06. The van der Waals surface area contributed by atoms with E-state index in [2.05, 4.69) is 15.7 Å². The summed E-state index contributed by atoms with van der Waals surface area (Å²) < 4.78 is 0.984. The molecule has 0 bridgehead atoms. The summed E-state index contributed by atoms with van der Waals surface area (Å²) in [5.74, 6) is -0.767. The van der Waals surface area contributed by atoms with Crippen molar-refractivity contribution in [2.24, 2.45) is 0 Å². The topological polar surface area (TPSA) is 93.1 Å². The van der Waals surface area contributed by atoms with Gasteiger partial charge in [0.1, 0.15) is 12.2 Å². The minimum atomic E-state index is -0.447. The van der Waals surface area contributed by atoms with E-state index in [1.165, 1.54) is 12.1 Å². The number of rotatable bonds is 6. The second-order valence-electron chi connectivity index (χ2n) is 5.41. The number of anilines is 1.